The largest absolute Gasteiger partial charge is 0.426 e. The van der Waals surface area contributed by atoms with Crippen LogP contribution in [0, 0.1) is 5.92 Å². The third-order valence-corrected chi connectivity index (χ3v) is 5.81. The van der Waals surface area contributed by atoms with E-state index in [1.54, 1.807) is 38.1 Å². The van der Waals surface area contributed by atoms with Crippen LogP contribution in [0.1, 0.15) is 52.0 Å². The van der Waals surface area contributed by atoms with Crippen LogP contribution < -0.4 is 5.32 Å². The van der Waals surface area contributed by atoms with E-state index >= 15 is 0 Å². The first kappa shape index (κ1) is 24.7. The lowest BCUT2D eigenvalue weighted by Gasteiger charge is -2.43. The minimum absolute atomic E-state index is 0.117. The van der Waals surface area contributed by atoms with Crippen molar-refractivity contribution in [1.29, 1.82) is 0 Å². The summed E-state index contributed by atoms with van der Waals surface area (Å²) in [6, 6.07) is 6.07. The van der Waals surface area contributed by atoms with Crippen LogP contribution in [0.25, 0.3) is 0 Å². The summed E-state index contributed by atoms with van der Waals surface area (Å²) in [5.41, 5.74) is -0.697. The number of halogens is 1. The van der Waals surface area contributed by atoms with E-state index in [2.05, 4.69) is 5.32 Å². The monoisotopic (exact) mass is 452 g/mol. The molecule has 0 spiro atoms. The molecule has 0 bridgehead atoms. The van der Waals surface area contributed by atoms with Gasteiger partial charge in [-0.3, -0.25) is 14.5 Å². The van der Waals surface area contributed by atoms with E-state index in [0.717, 1.165) is 12.8 Å². The summed E-state index contributed by atoms with van der Waals surface area (Å²) >= 11 is 6.38. The number of esters is 1. The first-order chi connectivity index (χ1) is 14.6. The molecular formula is C22H29ClN2O6. The Kier molecular flexibility index (Phi) is 8.44. The van der Waals surface area contributed by atoms with Crippen LogP contribution in [0.5, 0.6) is 0 Å². The summed E-state index contributed by atoms with van der Waals surface area (Å²) in [6.07, 6.45) is 1.41. The lowest BCUT2D eigenvalue weighted by atomic mass is 9.74. The maximum absolute atomic E-state index is 13.0. The Bertz CT molecular complexity index is 843. The normalized spacial score (nSPS) is 19.5. The second-order valence-corrected chi connectivity index (χ2v) is 8.35. The molecule has 1 aliphatic carbocycles. The van der Waals surface area contributed by atoms with Crippen molar-refractivity contribution in [3.8, 4) is 0 Å². The van der Waals surface area contributed by atoms with Gasteiger partial charge in [-0.25, -0.2) is 9.59 Å². The van der Waals surface area contributed by atoms with Gasteiger partial charge in [0.25, 0.3) is 0 Å². The zero-order valence-electron chi connectivity index (χ0n) is 18.3. The van der Waals surface area contributed by atoms with Gasteiger partial charge in [-0.1, -0.05) is 43.6 Å². The zero-order valence-corrected chi connectivity index (χ0v) is 19.0. The molecule has 0 heterocycles. The Hall–Kier alpha value is -2.61. The van der Waals surface area contributed by atoms with Crippen LogP contribution in [-0.2, 0) is 29.4 Å². The van der Waals surface area contributed by atoms with Gasteiger partial charge in [0.1, 0.15) is 11.6 Å². The van der Waals surface area contributed by atoms with E-state index in [-0.39, 0.29) is 17.6 Å². The lowest BCUT2D eigenvalue weighted by Crippen LogP contribution is -2.54. The van der Waals surface area contributed by atoms with Crippen molar-refractivity contribution < 1.29 is 28.7 Å². The zero-order chi connectivity index (χ0) is 23.2. The van der Waals surface area contributed by atoms with Crippen LogP contribution >= 0.6 is 11.6 Å². The van der Waals surface area contributed by atoms with Crippen molar-refractivity contribution in [3.05, 3.63) is 34.9 Å². The van der Waals surface area contributed by atoms with Crippen LogP contribution in [0.15, 0.2) is 24.3 Å². The average Bonchev–Trinajstić information content (AvgIpc) is 2.72. The minimum Gasteiger partial charge on any atom is -0.426 e. The highest BCUT2D eigenvalue weighted by atomic mass is 35.5. The number of nitrogens with zero attached hydrogens (tertiary/aromatic N) is 1. The number of amides is 2. The number of carbonyl (C=O) groups is 4. The number of rotatable bonds is 7. The highest BCUT2D eigenvalue weighted by Crippen LogP contribution is 2.42. The number of likely N-dealkylation sites (N-methyl/N-ethyl adjacent to an activating group) is 1. The molecule has 2 atom stereocenters. The van der Waals surface area contributed by atoms with E-state index in [0.29, 0.717) is 23.4 Å². The van der Waals surface area contributed by atoms with Crippen molar-refractivity contribution in [2.24, 2.45) is 5.92 Å². The molecule has 8 nitrogen and oxygen atoms in total. The van der Waals surface area contributed by atoms with Gasteiger partial charge in [0.15, 0.2) is 5.78 Å². The first-order valence-electron chi connectivity index (χ1n) is 10.2. The molecule has 0 saturated heterocycles. The molecule has 0 radical (unpaired) electrons. The van der Waals surface area contributed by atoms with Crippen LogP contribution in [0.4, 0.5) is 4.79 Å². The number of carbonyl (C=O) groups excluding carboxylic acids is 4. The summed E-state index contributed by atoms with van der Waals surface area (Å²) in [5, 5.41) is 2.90. The molecule has 0 aliphatic heterocycles. The van der Waals surface area contributed by atoms with Crippen LogP contribution in [0.3, 0.4) is 0 Å². The van der Waals surface area contributed by atoms with Crippen molar-refractivity contribution in [2.75, 3.05) is 13.8 Å². The van der Waals surface area contributed by atoms with Gasteiger partial charge in [-0.05, 0) is 31.2 Å². The summed E-state index contributed by atoms with van der Waals surface area (Å²) in [4.78, 5) is 50.6. The predicted molar refractivity (Wildman–Crippen MR) is 114 cm³/mol. The number of benzene rings is 1. The third kappa shape index (κ3) is 5.55. The fourth-order valence-corrected chi connectivity index (χ4v) is 4.12. The summed E-state index contributed by atoms with van der Waals surface area (Å²) in [6.45, 7) is 4.16. The summed E-state index contributed by atoms with van der Waals surface area (Å²) in [5.74, 6) is -1.41. The maximum atomic E-state index is 13.0. The van der Waals surface area contributed by atoms with E-state index in [1.807, 2.05) is 0 Å². The minimum atomic E-state index is -1.24. The quantitative estimate of drug-likeness (QED) is 0.502. The number of Topliss-reactive ketones (excluding diaryl/α,β-unsaturated/α-hetero) is 1. The Labute approximate surface area is 187 Å². The van der Waals surface area contributed by atoms with Gasteiger partial charge >= 0.3 is 12.1 Å². The molecule has 9 heteroatoms. The van der Waals surface area contributed by atoms with E-state index in [9.17, 15) is 19.2 Å². The molecule has 0 aromatic heterocycles. The van der Waals surface area contributed by atoms with E-state index in [1.165, 1.54) is 18.9 Å². The van der Waals surface area contributed by atoms with Crippen molar-refractivity contribution in [3.63, 3.8) is 0 Å². The number of ether oxygens (including phenoxy) is 2. The fourth-order valence-electron chi connectivity index (χ4n) is 3.83. The van der Waals surface area contributed by atoms with Gasteiger partial charge in [-0.2, -0.15) is 0 Å². The lowest BCUT2D eigenvalue weighted by molar-refractivity contribution is -0.158. The molecule has 1 aromatic rings. The Morgan fingerprint density at radius 3 is 2.45 bits per heavy atom. The number of nitrogens with one attached hydrogen (secondary N) is 1. The second kappa shape index (κ2) is 10.6. The van der Waals surface area contributed by atoms with Crippen molar-refractivity contribution in [2.45, 2.75) is 58.0 Å². The van der Waals surface area contributed by atoms with Crippen molar-refractivity contribution in [1.82, 2.24) is 10.2 Å². The van der Waals surface area contributed by atoms with Gasteiger partial charge in [0.05, 0.1) is 0 Å². The first-order valence-corrected chi connectivity index (χ1v) is 10.6. The summed E-state index contributed by atoms with van der Waals surface area (Å²) in [7, 11) is 1.48. The SMILES string of the molecule is CC(=O)N[C@H](C(=O)OCOC(=O)N(C)[C@@]1(c2ccccc2Cl)CCCCC1=O)C(C)C. The standard InChI is InChI=1S/C22H29ClN2O6/c1-14(2)19(24-15(3)26)20(28)30-13-31-21(29)25(4)22(12-8-7-11-18(22)27)16-9-5-6-10-17(16)23/h5-6,9-10,14,19H,7-8,11-13H2,1-4H3,(H,24,26)/t19-,22+/m0/s1. The number of ketones is 1. The molecule has 170 valence electrons. The Morgan fingerprint density at radius 2 is 1.87 bits per heavy atom. The second-order valence-electron chi connectivity index (χ2n) is 7.94. The topological polar surface area (TPSA) is 102 Å². The van der Waals surface area contributed by atoms with Crippen molar-refractivity contribution >= 4 is 35.4 Å². The number of hydrogen-bond donors (Lipinski definition) is 1. The molecule has 1 saturated carbocycles. The molecule has 1 aliphatic rings. The molecule has 0 unspecified atom stereocenters. The van der Waals surface area contributed by atoms with Gasteiger partial charge in [0.2, 0.25) is 12.7 Å². The Morgan fingerprint density at radius 1 is 1.19 bits per heavy atom. The van der Waals surface area contributed by atoms with Crippen LogP contribution in [-0.4, -0.2) is 48.5 Å². The summed E-state index contributed by atoms with van der Waals surface area (Å²) < 4.78 is 10.2. The molecule has 2 rings (SSSR count). The molecule has 2 amide bonds. The smallest absolute Gasteiger partial charge is 0.413 e. The highest BCUT2D eigenvalue weighted by Gasteiger charge is 2.48. The van der Waals surface area contributed by atoms with Gasteiger partial charge < -0.3 is 14.8 Å². The van der Waals surface area contributed by atoms with Crippen LogP contribution in [0.2, 0.25) is 5.02 Å². The molecule has 1 aromatic carbocycles. The van der Waals surface area contributed by atoms with E-state index < -0.39 is 30.4 Å². The van der Waals surface area contributed by atoms with Gasteiger partial charge in [0, 0.05) is 31.0 Å². The molecule has 31 heavy (non-hydrogen) atoms. The number of hydrogen-bond acceptors (Lipinski definition) is 6. The Balaban J connectivity index is 2.12. The molecule has 1 N–H and O–H groups in total. The molecule has 1 fully saturated rings. The van der Waals surface area contributed by atoms with Gasteiger partial charge in [-0.15, -0.1) is 0 Å². The maximum Gasteiger partial charge on any atom is 0.413 e. The third-order valence-electron chi connectivity index (χ3n) is 5.48. The van der Waals surface area contributed by atoms with E-state index in [4.69, 9.17) is 21.1 Å². The highest BCUT2D eigenvalue weighted by molar-refractivity contribution is 6.31. The fraction of sp³-hybridized carbons (Fsp3) is 0.545. The predicted octanol–water partition coefficient (Wildman–Crippen LogP) is 3.41. The average molecular weight is 453 g/mol. The molecular weight excluding hydrogens is 424 g/mol.